The SMILES string of the molecule is CC(C)(C)Sc1c(CC(C)(C)C(=O)O)n(Cc2ccc(Cl)cc2)c2ncc(OCc3ccccn3)cc12. The highest BCUT2D eigenvalue weighted by Gasteiger charge is 2.33. The van der Waals surface area contributed by atoms with Crippen LogP contribution >= 0.6 is 23.4 Å². The van der Waals surface area contributed by atoms with E-state index in [1.807, 2.05) is 48.5 Å². The number of hydrogen-bond donors (Lipinski definition) is 1. The summed E-state index contributed by atoms with van der Waals surface area (Å²) in [6.07, 6.45) is 3.82. The molecule has 4 rings (SSSR count). The highest BCUT2D eigenvalue weighted by Crippen LogP contribution is 2.43. The number of hydrogen-bond acceptors (Lipinski definition) is 5. The fourth-order valence-corrected chi connectivity index (χ4v) is 5.28. The lowest BCUT2D eigenvalue weighted by atomic mass is 9.88. The number of benzene rings is 1. The number of carboxylic acids is 1. The van der Waals surface area contributed by atoms with Crippen LogP contribution in [-0.4, -0.2) is 30.4 Å². The minimum absolute atomic E-state index is 0.105. The maximum Gasteiger partial charge on any atom is 0.309 e. The third-order valence-corrected chi connectivity index (χ3v) is 7.42. The smallest absolute Gasteiger partial charge is 0.309 e. The Hall–Kier alpha value is -3.03. The van der Waals surface area contributed by atoms with Crippen molar-refractivity contribution in [3.05, 3.63) is 82.9 Å². The van der Waals surface area contributed by atoms with Gasteiger partial charge in [-0.25, -0.2) is 4.98 Å². The van der Waals surface area contributed by atoms with Crippen LogP contribution in [0, 0.1) is 5.41 Å². The van der Waals surface area contributed by atoms with Crippen LogP contribution < -0.4 is 4.74 Å². The van der Waals surface area contributed by atoms with Crippen LogP contribution in [0.15, 0.2) is 65.8 Å². The van der Waals surface area contributed by atoms with Gasteiger partial charge < -0.3 is 14.4 Å². The molecular weight excluding hydrogens is 506 g/mol. The van der Waals surface area contributed by atoms with Crippen molar-refractivity contribution in [1.29, 1.82) is 0 Å². The zero-order valence-corrected chi connectivity index (χ0v) is 23.4. The normalized spacial score (nSPS) is 12.2. The largest absolute Gasteiger partial charge is 0.486 e. The van der Waals surface area contributed by atoms with Gasteiger partial charge in [0.25, 0.3) is 0 Å². The average Bonchev–Trinajstić information content (AvgIpc) is 3.09. The summed E-state index contributed by atoms with van der Waals surface area (Å²) in [6, 6.07) is 15.4. The lowest BCUT2D eigenvalue weighted by molar-refractivity contribution is -0.146. The van der Waals surface area contributed by atoms with E-state index in [0.29, 0.717) is 30.3 Å². The number of thioether (sulfide) groups is 1. The number of rotatable bonds is 9. The summed E-state index contributed by atoms with van der Waals surface area (Å²) < 4.78 is 8.09. The molecule has 8 heteroatoms. The van der Waals surface area contributed by atoms with Crippen molar-refractivity contribution in [2.45, 2.75) is 63.8 Å². The zero-order chi connectivity index (χ0) is 26.8. The van der Waals surface area contributed by atoms with Crippen LogP contribution in [0.1, 0.15) is 51.6 Å². The Balaban J connectivity index is 1.85. The van der Waals surface area contributed by atoms with E-state index in [0.717, 1.165) is 32.9 Å². The van der Waals surface area contributed by atoms with Crippen molar-refractivity contribution in [2.75, 3.05) is 0 Å². The minimum Gasteiger partial charge on any atom is -0.486 e. The first-order valence-corrected chi connectivity index (χ1v) is 13.3. The van der Waals surface area contributed by atoms with E-state index in [2.05, 4.69) is 30.3 Å². The molecule has 0 spiro atoms. The van der Waals surface area contributed by atoms with E-state index in [1.165, 1.54) is 0 Å². The van der Waals surface area contributed by atoms with Crippen molar-refractivity contribution in [3.8, 4) is 5.75 Å². The molecule has 0 aliphatic carbocycles. The van der Waals surface area contributed by atoms with Crippen LogP contribution in [0.4, 0.5) is 0 Å². The second kappa shape index (κ2) is 10.8. The molecule has 0 bridgehead atoms. The number of ether oxygens (including phenoxy) is 1. The molecule has 0 fully saturated rings. The molecule has 0 aliphatic heterocycles. The van der Waals surface area contributed by atoms with Crippen LogP contribution in [0.3, 0.4) is 0 Å². The van der Waals surface area contributed by atoms with Crippen LogP contribution in [0.25, 0.3) is 11.0 Å². The molecule has 3 aromatic heterocycles. The minimum atomic E-state index is -0.961. The van der Waals surface area contributed by atoms with Crippen molar-refractivity contribution in [3.63, 3.8) is 0 Å². The number of nitrogens with zero attached hydrogens (tertiary/aromatic N) is 3. The summed E-state index contributed by atoms with van der Waals surface area (Å²) in [5, 5.41) is 11.6. The van der Waals surface area contributed by atoms with E-state index in [9.17, 15) is 9.90 Å². The molecular formula is C29H32ClN3O3S. The van der Waals surface area contributed by atoms with Crippen molar-refractivity contribution < 1.29 is 14.6 Å². The van der Waals surface area contributed by atoms with Gasteiger partial charge >= 0.3 is 5.97 Å². The van der Waals surface area contributed by atoms with Crippen LogP contribution in [0.2, 0.25) is 5.02 Å². The summed E-state index contributed by atoms with van der Waals surface area (Å²) in [5.74, 6) is -0.198. The van der Waals surface area contributed by atoms with E-state index < -0.39 is 11.4 Å². The maximum absolute atomic E-state index is 12.1. The molecule has 1 N–H and O–H groups in total. The first kappa shape index (κ1) is 27.0. The van der Waals surface area contributed by atoms with Gasteiger partial charge in [-0.3, -0.25) is 9.78 Å². The molecule has 6 nitrogen and oxygen atoms in total. The first-order chi connectivity index (χ1) is 17.4. The van der Waals surface area contributed by atoms with E-state index in [4.69, 9.17) is 21.3 Å². The molecule has 0 aliphatic rings. The quantitative estimate of drug-likeness (QED) is 0.226. The zero-order valence-electron chi connectivity index (χ0n) is 21.8. The average molecular weight is 538 g/mol. The molecule has 1 aromatic carbocycles. The fourth-order valence-electron chi connectivity index (χ4n) is 3.98. The molecule has 0 saturated carbocycles. The number of aromatic nitrogens is 3. The first-order valence-electron chi connectivity index (χ1n) is 12.1. The molecule has 37 heavy (non-hydrogen) atoms. The Kier molecular flexibility index (Phi) is 7.85. The van der Waals surface area contributed by atoms with Crippen molar-refractivity contribution >= 4 is 40.4 Å². The van der Waals surface area contributed by atoms with Crippen molar-refractivity contribution in [1.82, 2.24) is 14.5 Å². The Morgan fingerprint density at radius 1 is 1.08 bits per heavy atom. The number of halogens is 1. The number of carboxylic acid groups (broad SMARTS) is 1. The lowest BCUT2D eigenvalue weighted by Gasteiger charge is -2.24. The third-order valence-electron chi connectivity index (χ3n) is 5.89. The predicted molar refractivity (Wildman–Crippen MR) is 150 cm³/mol. The van der Waals surface area contributed by atoms with Crippen LogP contribution in [-0.2, 0) is 24.4 Å². The molecule has 0 saturated heterocycles. The van der Waals surface area contributed by atoms with Gasteiger partial charge in [0.15, 0.2) is 0 Å². The Labute approximate surface area is 227 Å². The van der Waals surface area contributed by atoms with Gasteiger partial charge in [0.05, 0.1) is 17.3 Å². The van der Waals surface area contributed by atoms with E-state index in [1.54, 1.807) is 38.0 Å². The molecule has 0 unspecified atom stereocenters. The summed E-state index contributed by atoms with van der Waals surface area (Å²) in [6.45, 7) is 10.9. The third kappa shape index (κ3) is 6.65. The lowest BCUT2D eigenvalue weighted by Crippen LogP contribution is -2.28. The molecule has 3 heterocycles. The fraction of sp³-hybridized carbons (Fsp3) is 0.345. The van der Waals surface area contributed by atoms with Gasteiger partial charge in [0.1, 0.15) is 18.0 Å². The Morgan fingerprint density at radius 2 is 1.81 bits per heavy atom. The van der Waals surface area contributed by atoms with Gasteiger partial charge in [-0.05, 0) is 49.7 Å². The molecule has 0 radical (unpaired) electrons. The van der Waals surface area contributed by atoms with Crippen molar-refractivity contribution in [2.24, 2.45) is 5.41 Å². The second-order valence-electron chi connectivity index (χ2n) is 10.7. The van der Waals surface area contributed by atoms with Gasteiger partial charge in [0.2, 0.25) is 0 Å². The number of fused-ring (bicyclic) bond motifs is 1. The maximum atomic E-state index is 12.1. The topological polar surface area (TPSA) is 77.2 Å². The second-order valence-corrected chi connectivity index (χ2v) is 13.0. The molecule has 4 aromatic rings. The molecule has 0 amide bonds. The summed E-state index contributed by atoms with van der Waals surface area (Å²) in [5.41, 5.74) is 2.67. The standard InChI is InChI=1S/C29H32ClN3O3S/c1-28(2,3)37-25-23-14-22(36-18-21-8-6-7-13-31-21)16-32-26(23)33(17-19-9-11-20(30)12-10-19)24(25)15-29(4,5)27(34)35/h6-14,16H,15,17-18H2,1-5H3,(H,34,35). The Morgan fingerprint density at radius 3 is 2.43 bits per heavy atom. The Bertz CT molecular complexity index is 1390. The highest BCUT2D eigenvalue weighted by atomic mass is 35.5. The van der Waals surface area contributed by atoms with Gasteiger partial charge in [0, 0.05) is 44.9 Å². The summed E-state index contributed by atoms with van der Waals surface area (Å²) in [4.78, 5) is 22.3. The van der Waals surface area contributed by atoms with Gasteiger partial charge in [-0.15, -0.1) is 11.8 Å². The summed E-state index contributed by atoms with van der Waals surface area (Å²) >= 11 is 7.85. The number of pyridine rings is 2. The predicted octanol–water partition coefficient (Wildman–Crippen LogP) is 7.26. The van der Waals surface area contributed by atoms with Gasteiger partial charge in [-0.2, -0.15) is 0 Å². The summed E-state index contributed by atoms with van der Waals surface area (Å²) in [7, 11) is 0. The van der Waals surface area contributed by atoms with Gasteiger partial charge in [-0.1, -0.05) is 50.6 Å². The van der Waals surface area contributed by atoms with Crippen LogP contribution in [0.5, 0.6) is 5.75 Å². The number of carbonyl (C=O) groups is 1. The highest BCUT2D eigenvalue weighted by molar-refractivity contribution is 8.00. The molecule has 194 valence electrons. The van der Waals surface area contributed by atoms with E-state index >= 15 is 0 Å². The number of aliphatic carboxylic acids is 1. The molecule has 0 atom stereocenters. The monoisotopic (exact) mass is 537 g/mol. The van der Waals surface area contributed by atoms with E-state index in [-0.39, 0.29) is 4.75 Å².